The molecule has 1 amide bonds. The van der Waals surface area contributed by atoms with Gasteiger partial charge < -0.3 is 9.47 Å². The van der Waals surface area contributed by atoms with Gasteiger partial charge in [0.05, 0.1) is 14.2 Å². The zero-order valence-corrected chi connectivity index (χ0v) is 10.6. The van der Waals surface area contributed by atoms with E-state index in [0.717, 1.165) is 11.3 Å². The lowest BCUT2D eigenvalue weighted by atomic mass is 10.1. The fourth-order valence-electron chi connectivity index (χ4n) is 1.59. The van der Waals surface area contributed by atoms with Gasteiger partial charge in [-0.3, -0.25) is 4.79 Å². The molecule has 0 spiro atoms. The molecule has 1 rings (SSSR count). The van der Waals surface area contributed by atoms with Crippen molar-refractivity contribution in [2.24, 2.45) is 4.99 Å². The fraction of sp³-hybridized carbons (Fsp3) is 0.385. The van der Waals surface area contributed by atoms with Crippen LogP contribution in [0.5, 0.6) is 11.5 Å². The van der Waals surface area contributed by atoms with Crippen molar-refractivity contribution in [2.75, 3.05) is 14.2 Å². The van der Waals surface area contributed by atoms with Crippen LogP contribution in [0.2, 0.25) is 0 Å². The monoisotopic (exact) mass is 235 g/mol. The maximum atomic E-state index is 10.8. The van der Waals surface area contributed by atoms with Gasteiger partial charge in [-0.1, -0.05) is 6.07 Å². The normalized spacial score (nSPS) is 11.2. The molecule has 0 atom stereocenters. The first kappa shape index (κ1) is 13.2. The van der Waals surface area contributed by atoms with E-state index in [1.54, 1.807) is 14.2 Å². The average molecular weight is 235 g/mol. The molecule has 0 radical (unpaired) electrons. The van der Waals surface area contributed by atoms with Gasteiger partial charge in [0.1, 0.15) is 0 Å². The molecule has 0 aliphatic heterocycles. The second-order valence-corrected chi connectivity index (χ2v) is 3.73. The number of benzene rings is 1. The van der Waals surface area contributed by atoms with Crippen molar-refractivity contribution in [3.05, 3.63) is 23.8 Å². The molecule has 0 bridgehead atoms. The van der Waals surface area contributed by atoms with Crippen LogP contribution in [0.15, 0.2) is 23.2 Å². The Bertz CT molecular complexity index is 438. The van der Waals surface area contributed by atoms with E-state index in [4.69, 9.17) is 9.47 Å². The Labute approximate surface area is 101 Å². The summed E-state index contributed by atoms with van der Waals surface area (Å²) >= 11 is 0. The lowest BCUT2D eigenvalue weighted by Gasteiger charge is -2.09. The summed E-state index contributed by atoms with van der Waals surface area (Å²) in [5.41, 5.74) is 1.81. The molecule has 0 aromatic heterocycles. The molecule has 1 aromatic rings. The Morgan fingerprint density at radius 3 is 2.35 bits per heavy atom. The summed E-state index contributed by atoms with van der Waals surface area (Å²) < 4.78 is 10.4. The third-order valence-electron chi connectivity index (χ3n) is 2.26. The Hall–Kier alpha value is -1.84. The third-order valence-corrected chi connectivity index (χ3v) is 2.26. The molecular weight excluding hydrogens is 218 g/mol. The highest BCUT2D eigenvalue weighted by molar-refractivity contribution is 5.94. The van der Waals surface area contributed by atoms with Crippen LogP contribution in [-0.2, 0) is 11.2 Å². The number of rotatable bonds is 4. The number of hydrogen-bond acceptors (Lipinski definition) is 3. The number of carbonyl (C=O) groups excluding carboxylic acids is 1. The highest BCUT2D eigenvalue weighted by Crippen LogP contribution is 2.27. The Kier molecular flexibility index (Phi) is 4.69. The molecule has 0 aliphatic rings. The summed E-state index contributed by atoms with van der Waals surface area (Å²) in [6.45, 7) is 3.27. The topological polar surface area (TPSA) is 47.9 Å². The van der Waals surface area contributed by atoms with Crippen molar-refractivity contribution in [3.8, 4) is 11.5 Å². The van der Waals surface area contributed by atoms with Gasteiger partial charge in [-0.05, 0) is 24.6 Å². The number of aliphatic imine (C=N–C) groups is 1. The van der Waals surface area contributed by atoms with E-state index in [-0.39, 0.29) is 5.91 Å². The second-order valence-electron chi connectivity index (χ2n) is 3.73. The van der Waals surface area contributed by atoms with Gasteiger partial charge in [0, 0.05) is 19.1 Å². The van der Waals surface area contributed by atoms with Crippen LogP contribution in [0, 0.1) is 0 Å². The van der Waals surface area contributed by atoms with E-state index in [2.05, 4.69) is 4.99 Å². The lowest BCUT2D eigenvalue weighted by Crippen LogP contribution is -2.01. The standard InChI is InChI=1S/C13H17NO3/c1-9(14-10(2)15)7-11-5-6-12(16-3)13(8-11)17-4/h5-6,8H,7H2,1-4H3. The molecule has 1 aromatic carbocycles. The number of hydrogen-bond donors (Lipinski definition) is 0. The van der Waals surface area contributed by atoms with E-state index in [1.165, 1.54) is 6.92 Å². The molecule has 0 aliphatic carbocycles. The molecule has 4 heteroatoms. The minimum atomic E-state index is -0.178. The molecule has 0 fully saturated rings. The van der Waals surface area contributed by atoms with Crippen LogP contribution in [0.25, 0.3) is 0 Å². The van der Waals surface area contributed by atoms with Crippen molar-refractivity contribution in [1.29, 1.82) is 0 Å². The molecule has 92 valence electrons. The average Bonchev–Trinajstić information content (AvgIpc) is 2.27. The van der Waals surface area contributed by atoms with Crippen LogP contribution in [0.1, 0.15) is 19.4 Å². The van der Waals surface area contributed by atoms with E-state index in [0.29, 0.717) is 17.9 Å². The van der Waals surface area contributed by atoms with E-state index in [1.807, 2.05) is 25.1 Å². The molecule has 4 nitrogen and oxygen atoms in total. The first-order valence-electron chi connectivity index (χ1n) is 5.32. The SMILES string of the molecule is COc1ccc(CC(C)=NC(C)=O)cc1OC. The summed E-state index contributed by atoms with van der Waals surface area (Å²) in [6, 6.07) is 5.66. The molecule has 0 N–H and O–H groups in total. The summed E-state index contributed by atoms with van der Waals surface area (Å²) in [7, 11) is 3.19. The fourth-order valence-corrected chi connectivity index (χ4v) is 1.59. The number of methoxy groups -OCH3 is 2. The van der Waals surface area contributed by atoms with Crippen LogP contribution < -0.4 is 9.47 Å². The maximum absolute atomic E-state index is 10.8. The first-order valence-corrected chi connectivity index (χ1v) is 5.32. The van der Waals surface area contributed by atoms with Crippen LogP contribution in [0.4, 0.5) is 0 Å². The maximum Gasteiger partial charge on any atom is 0.242 e. The predicted octanol–water partition coefficient (Wildman–Crippen LogP) is 2.25. The van der Waals surface area contributed by atoms with Gasteiger partial charge in [0.15, 0.2) is 11.5 Å². The number of ether oxygens (including phenoxy) is 2. The van der Waals surface area contributed by atoms with Gasteiger partial charge in [-0.2, -0.15) is 0 Å². The number of nitrogens with zero attached hydrogens (tertiary/aromatic N) is 1. The minimum Gasteiger partial charge on any atom is -0.493 e. The molecule has 0 unspecified atom stereocenters. The zero-order valence-electron chi connectivity index (χ0n) is 10.6. The minimum absolute atomic E-state index is 0.178. The first-order chi connectivity index (χ1) is 8.06. The smallest absolute Gasteiger partial charge is 0.242 e. The highest BCUT2D eigenvalue weighted by Gasteiger charge is 2.05. The van der Waals surface area contributed by atoms with Crippen molar-refractivity contribution in [3.63, 3.8) is 0 Å². The Morgan fingerprint density at radius 1 is 1.18 bits per heavy atom. The Balaban J connectivity index is 2.89. The van der Waals surface area contributed by atoms with Crippen molar-refractivity contribution in [1.82, 2.24) is 0 Å². The van der Waals surface area contributed by atoms with Crippen LogP contribution in [0.3, 0.4) is 0 Å². The van der Waals surface area contributed by atoms with Crippen LogP contribution >= 0.6 is 0 Å². The molecule has 0 saturated carbocycles. The van der Waals surface area contributed by atoms with Gasteiger partial charge >= 0.3 is 0 Å². The van der Waals surface area contributed by atoms with Gasteiger partial charge in [0.25, 0.3) is 0 Å². The van der Waals surface area contributed by atoms with Gasteiger partial charge in [-0.25, -0.2) is 4.99 Å². The van der Waals surface area contributed by atoms with Gasteiger partial charge in [0.2, 0.25) is 5.91 Å². The van der Waals surface area contributed by atoms with Crippen LogP contribution in [-0.4, -0.2) is 25.8 Å². The quantitative estimate of drug-likeness (QED) is 0.752. The summed E-state index contributed by atoms with van der Waals surface area (Å²) in [5, 5.41) is 0. The third kappa shape index (κ3) is 3.90. The summed E-state index contributed by atoms with van der Waals surface area (Å²) in [6.07, 6.45) is 0.625. The molecule has 0 saturated heterocycles. The van der Waals surface area contributed by atoms with Crippen molar-refractivity contribution < 1.29 is 14.3 Å². The van der Waals surface area contributed by atoms with Crippen molar-refractivity contribution in [2.45, 2.75) is 20.3 Å². The largest absolute Gasteiger partial charge is 0.493 e. The van der Waals surface area contributed by atoms with Gasteiger partial charge in [-0.15, -0.1) is 0 Å². The second kappa shape index (κ2) is 6.03. The Morgan fingerprint density at radius 2 is 1.82 bits per heavy atom. The van der Waals surface area contributed by atoms with E-state index < -0.39 is 0 Å². The highest BCUT2D eigenvalue weighted by atomic mass is 16.5. The van der Waals surface area contributed by atoms with E-state index in [9.17, 15) is 4.79 Å². The zero-order chi connectivity index (χ0) is 12.8. The van der Waals surface area contributed by atoms with Crippen molar-refractivity contribution >= 4 is 11.6 Å². The lowest BCUT2D eigenvalue weighted by molar-refractivity contribution is -0.115. The molecular formula is C13H17NO3. The number of carbonyl (C=O) groups is 1. The summed E-state index contributed by atoms with van der Waals surface area (Å²) in [5.74, 6) is 1.20. The van der Waals surface area contributed by atoms with E-state index >= 15 is 0 Å². The molecule has 0 heterocycles. The molecule has 17 heavy (non-hydrogen) atoms. The summed E-state index contributed by atoms with van der Waals surface area (Å²) in [4.78, 5) is 14.7. The number of amides is 1. The predicted molar refractivity (Wildman–Crippen MR) is 67.0 cm³/mol.